The summed E-state index contributed by atoms with van der Waals surface area (Å²) in [7, 11) is -2.99. The van der Waals surface area contributed by atoms with Crippen molar-refractivity contribution < 1.29 is 13.2 Å². The van der Waals surface area contributed by atoms with Gasteiger partial charge in [0, 0.05) is 11.7 Å². The van der Waals surface area contributed by atoms with E-state index < -0.39 is 9.84 Å². The van der Waals surface area contributed by atoms with E-state index in [9.17, 15) is 13.2 Å². The third-order valence-electron chi connectivity index (χ3n) is 4.18. The Kier molecular flexibility index (Phi) is 5.83. The third-order valence-corrected chi connectivity index (χ3v) is 7.92. The predicted molar refractivity (Wildman–Crippen MR) is 105 cm³/mol. The number of benzene rings is 1. The van der Waals surface area contributed by atoms with Crippen LogP contribution in [0.3, 0.4) is 0 Å². The van der Waals surface area contributed by atoms with Gasteiger partial charge in [0.05, 0.1) is 17.3 Å². The molecule has 1 aliphatic heterocycles. The molecule has 2 aromatic rings. The number of thioether (sulfide) groups is 1. The molecule has 1 aromatic carbocycles. The number of nitrogens with one attached hydrogen (secondary N) is 2. The van der Waals surface area contributed by atoms with E-state index in [0.29, 0.717) is 15.9 Å². The summed E-state index contributed by atoms with van der Waals surface area (Å²) in [5.74, 6) is 0.187. The van der Waals surface area contributed by atoms with Crippen LogP contribution in [0.4, 0.5) is 10.8 Å². The van der Waals surface area contributed by atoms with E-state index >= 15 is 0 Å². The van der Waals surface area contributed by atoms with Gasteiger partial charge < -0.3 is 10.6 Å². The van der Waals surface area contributed by atoms with E-state index in [1.807, 2.05) is 19.1 Å². The lowest BCUT2D eigenvalue weighted by Gasteiger charge is -2.09. The van der Waals surface area contributed by atoms with Crippen molar-refractivity contribution in [2.24, 2.45) is 0 Å². The maximum Gasteiger partial charge on any atom is 0.230 e. The van der Waals surface area contributed by atoms with Gasteiger partial charge in [0.1, 0.15) is 0 Å². The largest absolute Gasteiger partial charge is 0.352 e. The summed E-state index contributed by atoms with van der Waals surface area (Å²) in [6.45, 7) is 4.10. The predicted octanol–water partition coefficient (Wildman–Crippen LogP) is 2.29. The highest BCUT2D eigenvalue weighted by molar-refractivity contribution is 8.01. The minimum atomic E-state index is -2.99. The SMILES string of the molecule is Cc1cccc(Nc2nnc(SCC(=O)N[C@@H]3CCS(=O)(=O)C3)s2)c1C. The highest BCUT2D eigenvalue weighted by Gasteiger charge is 2.28. The molecule has 0 saturated carbocycles. The van der Waals surface area contributed by atoms with Crippen molar-refractivity contribution in [1.29, 1.82) is 0 Å². The first kappa shape index (κ1) is 19.1. The monoisotopic (exact) mass is 412 g/mol. The normalized spacial score (nSPS) is 18.6. The summed E-state index contributed by atoms with van der Waals surface area (Å²) in [6, 6.07) is 5.74. The molecule has 140 valence electrons. The first-order chi connectivity index (χ1) is 12.3. The number of amides is 1. The zero-order chi connectivity index (χ0) is 18.7. The summed E-state index contributed by atoms with van der Waals surface area (Å²) in [4.78, 5) is 12.0. The second kappa shape index (κ2) is 7.93. The molecule has 0 radical (unpaired) electrons. The van der Waals surface area contributed by atoms with Gasteiger partial charge in [-0.1, -0.05) is 35.2 Å². The number of rotatable bonds is 6. The second-order valence-corrected chi connectivity index (χ2v) is 10.6. The minimum absolute atomic E-state index is 0.0339. The molecule has 0 unspecified atom stereocenters. The average Bonchev–Trinajstić information content (AvgIpc) is 3.16. The molecule has 2 N–H and O–H groups in total. The number of aryl methyl sites for hydroxylation is 1. The molecular weight excluding hydrogens is 392 g/mol. The van der Waals surface area contributed by atoms with Gasteiger partial charge in [-0.2, -0.15) is 0 Å². The Balaban J connectivity index is 1.51. The van der Waals surface area contributed by atoms with Crippen LogP contribution in [0.1, 0.15) is 17.5 Å². The highest BCUT2D eigenvalue weighted by atomic mass is 32.2. The molecule has 0 bridgehead atoms. The third kappa shape index (κ3) is 4.95. The lowest BCUT2D eigenvalue weighted by Crippen LogP contribution is -2.36. The number of anilines is 2. The van der Waals surface area contributed by atoms with Crippen molar-refractivity contribution in [1.82, 2.24) is 15.5 Å². The molecule has 1 aromatic heterocycles. The fourth-order valence-electron chi connectivity index (χ4n) is 2.63. The standard InChI is InChI=1S/C16H20N4O3S3/c1-10-4-3-5-13(11(10)2)18-15-19-20-16(25-15)24-8-14(21)17-12-6-7-26(22,23)9-12/h3-5,12H,6-9H2,1-2H3,(H,17,21)(H,18,19)/t12-/m1/s1. The van der Waals surface area contributed by atoms with Gasteiger partial charge in [-0.05, 0) is 37.5 Å². The Morgan fingerprint density at radius 2 is 2.15 bits per heavy atom. The van der Waals surface area contributed by atoms with E-state index in [1.165, 1.54) is 28.7 Å². The highest BCUT2D eigenvalue weighted by Crippen LogP contribution is 2.29. The molecule has 1 aliphatic rings. The Morgan fingerprint density at radius 1 is 1.35 bits per heavy atom. The van der Waals surface area contributed by atoms with Crippen LogP contribution in [0, 0.1) is 13.8 Å². The zero-order valence-corrected chi connectivity index (χ0v) is 16.9. The molecule has 0 spiro atoms. The first-order valence-corrected chi connectivity index (χ1v) is 11.7. The van der Waals surface area contributed by atoms with Gasteiger partial charge >= 0.3 is 0 Å². The van der Waals surface area contributed by atoms with Crippen LogP contribution in [0.15, 0.2) is 22.5 Å². The lowest BCUT2D eigenvalue weighted by atomic mass is 10.1. The van der Waals surface area contributed by atoms with Crippen molar-refractivity contribution in [3.63, 3.8) is 0 Å². The van der Waals surface area contributed by atoms with E-state index in [4.69, 9.17) is 0 Å². The lowest BCUT2D eigenvalue weighted by molar-refractivity contribution is -0.119. The maximum atomic E-state index is 12.0. The number of sulfone groups is 1. The molecule has 2 heterocycles. The Labute approximate surface area is 160 Å². The number of hydrogen-bond acceptors (Lipinski definition) is 8. The fraction of sp³-hybridized carbons (Fsp3) is 0.438. The number of aromatic nitrogens is 2. The summed E-state index contributed by atoms with van der Waals surface area (Å²) < 4.78 is 23.5. The van der Waals surface area contributed by atoms with E-state index in [0.717, 1.165) is 11.3 Å². The van der Waals surface area contributed by atoms with Crippen molar-refractivity contribution in [2.45, 2.75) is 30.6 Å². The van der Waals surface area contributed by atoms with E-state index in [1.54, 1.807) is 0 Å². The topological polar surface area (TPSA) is 101 Å². The summed E-state index contributed by atoms with van der Waals surface area (Å²) in [5, 5.41) is 14.9. The quantitative estimate of drug-likeness (QED) is 0.702. The van der Waals surface area contributed by atoms with Gasteiger partial charge in [-0.15, -0.1) is 10.2 Å². The minimum Gasteiger partial charge on any atom is -0.352 e. The Bertz CT molecular complexity index is 911. The van der Waals surface area contributed by atoms with Crippen molar-refractivity contribution in [3.8, 4) is 0 Å². The number of carbonyl (C=O) groups is 1. The first-order valence-electron chi connectivity index (χ1n) is 8.12. The zero-order valence-electron chi connectivity index (χ0n) is 14.5. The summed E-state index contributed by atoms with van der Waals surface area (Å²) in [6.07, 6.45) is 0.488. The van der Waals surface area contributed by atoms with Crippen molar-refractivity contribution in [2.75, 3.05) is 22.6 Å². The van der Waals surface area contributed by atoms with Crippen LogP contribution in [0.2, 0.25) is 0 Å². The van der Waals surface area contributed by atoms with Crippen LogP contribution in [0.25, 0.3) is 0 Å². The molecule has 10 heteroatoms. The van der Waals surface area contributed by atoms with Gasteiger partial charge in [-0.3, -0.25) is 4.79 Å². The molecule has 7 nitrogen and oxygen atoms in total. The average molecular weight is 413 g/mol. The van der Waals surface area contributed by atoms with Crippen LogP contribution in [-0.4, -0.2) is 47.8 Å². The summed E-state index contributed by atoms with van der Waals surface area (Å²) in [5.41, 5.74) is 3.33. The molecule has 1 atom stereocenters. The molecule has 1 saturated heterocycles. The van der Waals surface area contributed by atoms with Gasteiger partial charge in [0.2, 0.25) is 11.0 Å². The van der Waals surface area contributed by atoms with Crippen LogP contribution < -0.4 is 10.6 Å². The molecular formula is C16H20N4O3S3. The molecule has 3 rings (SSSR count). The van der Waals surface area contributed by atoms with Gasteiger partial charge in [0.15, 0.2) is 14.2 Å². The molecule has 26 heavy (non-hydrogen) atoms. The number of hydrogen-bond donors (Lipinski definition) is 2. The van der Waals surface area contributed by atoms with Gasteiger partial charge in [-0.25, -0.2) is 8.42 Å². The number of carbonyl (C=O) groups excluding carboxylic acids is 1. The van der Waals surface area contributed by atoms with Crippen molar-refractivity contribution in [3.05, 3.63) is 29.3 Å². The Hall–Kier alpha value is -1.65. The maximum absolute atomic E-state index is 12.0. The Morgan fingerprint density at radius 3 is 2.88 bits per heavy atom. The molecule has 1 amide bonds. The van der Waals surface area contributed by atoms with Gasteiger partial charge in [0.25, 0.3) is 0 Å². The van der Waals surface area contributed by atoms with Crippen LogP contribution in [0.5, 0.6) is 0 Å². The van der Waals surface area contributed by atoms with Crippen molar-refractivity contribution >= 4 is 49.7 Å². The smallest absolute Gasteiger partial charge is 0.230 e. The second-order valence-electron chi connectivity index (χ2n) is 6.20. The molecule has 0 aliphatic carbocycles. The van der Waals surface area contributed by atoms with E-state index in [-0.39, 0.29) is 29.2 Å². The fourth-order valence-corrected chi connectivity index (χ4v) is 5.87. The summed E-state index contributed by atoms with van der Waals surface area (Å²) >= 11 is 2.67. The molecule has 1 fully saturated rings. The number of nitrogens with zero attached hydrogens (tertiary/aromatic N) is 2. The van der Waals surface area contributed by atoms with Crippen LogP contribution in [-0.2, 0) is 14.6 Å². The van der Waals surface area contributed by atoms with E-state index in [2.05, 4.69) is 33.8 Å². The van der Waals surface area contributed by atoms with Crippen LogP contribution >= 0.6 is 23.1 Å².